The van der Waals surface area contributed by atoms with Gasteiger partial charge in [0.05, 0.1) is 22.9 Å². The molecule has 0 spiro atoms. The van der Waals surface area contributed by atoms with E-state index in [1.165, 1.54) is 6.20 Å². The van der Waals surface area contributed by atoms with Crippen LogP contribution in [-0.2, 0) is 0 Å². The van der Waals surface area contributed by atoms with Crippen LogP contribution in [0.5, 0.6) is 23.0 Å². The average Bonchev–Trinajstić information content (AvgIpc) is 3.11. The minimum atomic E-state index is -0.939. The first kappa shape index (κ1) is 18.0. The van der Waals surface area contributed by atoms with E-state index in [9.17, 15) is 15.3 Å². The number of benzene rings is 3. The summed E-state index contributed by atoms with van der Waals surface area (Å²) in [5.41, 5.74) is 2.53. The Balaban J connectivity index is 1.63. The maximum atomic E-state index is 11.0. The summed E-state index contributed by atoms with van der Waals surface area (Å²) in [5.74, 6) is 1.22. The smallest absolute Gasteiger partial charge is 0.159 e. The fraction of sp³-hybridized carbons (Fsp3) is 0.0417. The van der Waals surface area contributed by atoms with Gasteiger partial charge in [-0.05, 0) is 35.9 Å². The SMILES string of the molecule is Oc1cnc2cc(Oc3c(C(O)c4ccccc4)[nH]c4cc(O)ccc34)ccc2c1. The Kier molecular flexibility index (Phi) is 4.26. The first-order valence-corrected chi connectivity index (χ1v) is 9.43. The molecule has 0 aliphatic carbocycles. The number of H-pyrrole nitrogens is 1. The first-order valence-electron chi connectivity index (χ1n) is 9.43. The number of pyridine rings is 1. The molecule has 6 nitrogen and oxygen atoms in total. The number of hydrogen-bond donors (Lipinski definition) is 4. The van der Waals surface area contributed by atoms with Gasteiger partial charge in [-0.1, -0.05) is 30.3 Å². The predicted octanol–water partition coefficient (Wildman–Crippen LogP) is 5.00. The van der Waals surface area contributed by atoms with Crippen molar-refractivity contribution in [2.75, 3.05) is 0 Å². The maximum Gasteiger partial charge on any atom is 0.159 e. The first-order chi connectivity index (χ1) is 14.6. The molecule has 148 valence electrons. The highest BCUT2D eigenvalue weighted by molar-refractivity contribution is 5.90. The second-order valence-electron chi connectivity index (χ2n) is 7.06. The molecule has 0 aliphatic rings. The lowest BCUT2D eigenvalue weighted by Gasteiger charge is -2.13. The Morgan fingerprint density at radius 3 is 2.53 bits per heavy atom. The molecule has 5 aromatic rings. The van der Waals surface area contributed by atoms with Crippen molar-refractivity contribution in [3.8, 4) is 23.0 Å². The average molecular weight is 398 g/mol. The van der Waals surface area contributed by atoms with Gasteiger partial charge in [-0.25, -0.2) is 0 Å². The number of aromatic hydroxyl groups is 2. The molecular formula is C24H18N2O4. The number of aromatic nitrogens is 2. The molecule has 1 atom stereocenters. The van der Waals surface area contributed by atoms with Crippen molar-refractivity contribution >= 4 is 21.8 Å². The number of nitrogens with one attached hydrogen (secondary N) is 1. The normalized spacial score (nSPS) is 12.3. The number of ether oxygens (including phenoxy) is 1. The van der Waals surface area contributed by atoms with Crippen molar-refractivity contribution in [2.45, 2.75) is 6.10 Å². The van der Waals surface area contributed by atoms with E-state index < -0.39 is 6.10 Å². The van der Waals surface area contributed by atoms with E-state index in [4.69, 9.17) is 4.74 Å². The molecule has 0 radical (unpaired) electrons. The standard InChI is InChI=1S/C24H18N2O4/c27-16-7-9-19-21(11-16)26-22(23(29)14-4-2-1-3-5-14)24(19)30-18-8-6-15-10-17(28)13-25-20(15)12-18/h1-13,23,26-29H. The van der Waals surface area contributed by atoms with Crippen LogP contribution in [0.4, 0.5) is 0 Å². The van der Waals surface area contributed by atoms with E-state index in [0.717, 1.165) is 10.8 Å². The Hall–Kier alpha value is -4.03. The Labute approximate surface area is 171 Å². The lowest BCUT2D eigenvalue weighted by molar-refractivity contribution is 0.212. The zero-order valence-electron chi connectivity index (χ0n) is 15.8. The van der Waals surface area contributed by atoms with Gasteiger partial charge in [-0.3, -0.25) is 4.98 Å². The minimum Gasteiger partial charge on any atom is -0.508 e. The largest absolute Gasteiger partial charge is 0.508 e. The summed E-state index contributed by atoms with van der Waals surface area (Å²) < 4.78 is 6.21. The molecule has 6 heteroatoms. The van der Waals surface area contributed by atoms with Crippen LogP contribution in [0, 0.1) is 0 Å². The lowest BCUT2D eigenvalue weighted by atomic mass is 10.1. The molecule has 0 fully saturated rings. The molecule has 2 heterocycles. The number of hydrogen-bond acceptors (Lipinski definition) is 5. The summed E-state index contributed by atoms with van der Waals surface area (Å²) >= 11 is 0. The van der Waals surface area contributed by atoms with Crippen molar-refractivity contribution in [2.24, 2.45) is 0 Å². The van der Waals surface area contributed by atoms with Crippen LogP contribution in [0.3, 0.4) is 0 Å². The molecule has 0 amide bonds. The summed E-state index contributed by atoms with van der Waals surface area (Å²) in [6.07, 6.45) is 0.441. The van der Waals surface area contributed by atoms with Gasteiger partial charge in [0.25, 0.3) is 0 Å². The number of rotatable bonds is 4. The van der Waals surface area contributed by atoms with Gasteiger partial charge in [0.2, 0.25) is 0 Å². The monoisotopic (exact) mass is 398 g/mol. The van der Waals surface area contributed by atoms with Crippen LogP contribution in [0.2, 0.25) is 0 Å². The molecule has 0 bridgehead atoms. The number of phenols is 1. The number of aromatic amines is 1. The molecule has 30 heavy (non-hydrogen) atoms. The Morgan fingerprint density at radius 1 is 0.867 bits per heavy atom. The van der Waals surface area contributed by atoms with Gasteiger partial charge in [0, 0.05) is 22.9 Å². The van der Waals surface area contributed by atoms with E-state index in [-0.39, 0.29) is 11.5 Å². The third kappa shape index (κ3) is 3.19. The number of aliphatic hydroxyl groups excluding tert-OH is 1. The van der Waals surface area contributed by atoms with Crippen molar-refractivity contribution in [1.29, 1.82) is 0 Å². The fourth-order valence-corrected chi connectivity index (χ4v) is 3.56. The van der Waals surface area contributed by atoms with E-state index in [1.54, 1.807) is 36.4 Å². The number of fused-ring (bicyclic) bond motifs is 2. The summed E-state index contributed by atoms with van der Waals surface area (Å²) in [6.45, 7) is 0. The van der Waals surface area contributed by atoms with Gasteiger partial charge < -0.3 is 25.0 Å². The van der Waals surface area contributed by atoms with Crippen LogP contribution in [-0.4, -0.2) is 25.3 Å². The highest BCUT2D eigenvalue weighted by Gasteiger charge is 2.22. The molecule has 2 aromatic heterocycles. The summed E-state index contributed by atoms with van der Waals surface area (Å²) in [6, 6.07) is 21.2. The zero-order valence-corrected chi connectivity index (χ0v) is 15.8. The summed E-state index contributed by atoms with van der Waals surface area (Å²) in [5, 5.41) is 32.0. The van der Waals surface area contributed by atoms with Crippen molar-refractivity contribution < 1.29 is 20.1 Å². The van der Waals surface area contributed by atoms with Crippen LogP contribution in [0.1, 0.15) is 17.4 Å². The summed E-state index contributed by atoms with van der Waals surface area (Å²) in [7, 11) is 0. The van der Waals surface area contributed by atoms with Crippen LogP contribution in [0.25, 0.3) is 21.8 Å². The molecule has 0 aliphatic heterocycles. The van der Waals surface area contributed by atoms with E-state index >= 15 is 0 Å². The zero-order chi connectivity index (χ0) is 20.7. The van der Waals surface area contributed by atoms with Gasteiger partial charge in [-0.2, -0.15) is 0 Å². The maximum absolute atomic E-state index is 11.0. The van der Waals surface area contributed by atoms with Gasteiger partial charge in [0.15, 0.2) is 5.75 Å². The van der Waals surface area contributed by atoms with Crippen LogP contribution >= 0.6 is 0 Å². The van der Waals surface area contributed by atoms with Crippen LogP contribution < -0.4 is 4.74 Å². The van der Waals surface area contributed by atoms with Gasteiger partial charge in [0.1, 0.15) is 23.4 Å². The molecule has 3 aromatic carbocycles. The molecule has 0 saturated carbocycles. The number of aliphatic hydroxyl groups is 1. The minimum absolute atomic E-state index is 0.0980. The molecule has 5 rings (SSSR count). The van der Waals surface area contributed by atoms with Crippen molar-refractivity contribution in [3.05, 3.63) is 90.3 Å². The topological polar surface area (TPSA) is 98.6 Å². The second kappa shape index (κ2) is 7.09. The molecule has 1 unspecified atom stereocenters. The number of nitrogens with zero attached hydrogens (tertiary/aromatic N) is 1. The molecule has 4 N–H and O–H groups in total. The quantitative estimate of drug-likeness (QED) is 0.341. The van der Waals surface area contributed by atoms with Crippen LogP contribution in [0.15, 0.2) is 79.0 Å². The van der Waals surface area contributed by atoms with E-state index in [2.05, 4.69) is 9.97 Å². The van der Waals surface area contributed by atoms with Gasteiger partial charge in [-0.15, -0.1) is 0 Å². The number of phenolic OH excluding ortho intramolecular Hbond substituents is 1. The lowest BCUT2D eigenvalue weighted by Crippen LogP contribution is -2.01. The summed E-state index contributed by atoms with van der Waals surface area (Å²) in [4.78, 5) is 7.41. The van der Waals surface area contributed by atoms with E-state index in [1.807, 2.05) is 36.4 Å². The third-order valence-electron chi connectivity index (χ3n) is 5.01. The molecule has 0 saturated heterocycles. The van der Waals surface area contributed by atoms with E-state index in [0.29, 0.717) is 33.8 Å². The van der Waals surface area contributed by atoms with Gasteiger partial charge >= 0.3 is 0 Å². The van der Waals surface area contributed by atoms with Crippen molar-refractivity contribution in [1.82, 2.24) is 9.97 Å². The Morgan fingerprint density at radius 2 is 1.70 bits per heavy atom. The van der Waals surface area contributed by atoms with Crippen molar-refractivity contribution in [3.63, 3.8) is 0 Å². The highest BCUT2D eigenvalue weighted by atomic mass is 16.5. The predicted molar refractivity (Wildman–Crippen MR) is 114 cm³/mol. The Bertz CT molecular complexity index is 1360. The molecular weight excluding hydrogens is 380 g/mol. The third-order valence-corrected chi connectivity index (χ3v) is 5.01. The fourth-order valence-electron chi connectivity index (χ4n) is 3.56. The second-order valence-corrected chi connectivity index (χ2v) is 7.06. The highest BCUT2D eigenvalue weighted by Crippen LogP contribution is 2.40.